The summed E-state index contributed by atoms with van der Waals surface area (Å²) in [5, 5.41) is 4.28. The van der Waals surface area contributed by atoms with Crippen molar-refractivity contribution in [3.63, 3.8) is 0 Å². The van der Waals surface area contributed by atoms with Gasteiger partial charge in [0, 0.05) is 24.2 Å². The van der Waals surface area contributed by atoms with Gasteiger partial charge >= 0.3 is 0 Å². The molecule has 1 heterocycles. The fourth-order valence-corrected chi connectivity index (χ4v) is 2.71. The largest absolute Gasteiger partial charge is 0.315 e. The van der Waals surface area contributed by atoms with Gasteiger partial charge in [-0.2, -0.15) is 0 Å². The molecule has 0 radical (unpaired) electrons. The zero-order valence-corrected chi connectivity index (χ0v) is 12.4. The van der Waals surface area contributed by atoms with Crippen LogP contribution in [0.5, 0.6) is 0 Å². The molecule has 0 bridgehead atoms. The van der Waals surface area contributed by atoms with Gasteiger partial charge in [0.1, 0.15) is 0 Å². The molecule has 1 atom stereocenters. The molecule has 1 saturated heterocycles. The first-order valence-electron chi connectivity index (χ1n) is 6.49. The van der Waals surface area contributed by atoms with Crippen molar-refractivity contribution in [3.8, 4) is 0 Å². The molecule has 1 aliphatic heterocycles. The Kier molecular flexibility index (Phi) is 7.02. The van der Waals surface area contributed by atoms with E-state index in [1.54, 1.807) is 0 Å². The van der Waals surface area contributed by atoms with Crippen LogP contribution in [0.4, 0.5) is 0 Å². The van der Waals surface area contributed by atoms with Gasteiger partial charge in [-0.05, 0) is 43.6 Å². The third-order valence-corrected chi connectivity index (χ3v) is 3.57. The Morgan fingerprint density at radius 1 is 1.44 bits per heavy atom. The fraction of sp³-hybridized carbons (Fsp3) is 0.571. The van der Waals surface area contributed by atoms with Crippen LogP contribution in [0.1, 0.15) is 25.3 Å². The van der Waals surface area contributed by atoms with E-state index in [9.17, 15) is 0 Å². The summed E-state index contributed by atoms with van der Waals surface area (Å²) in [6.45, 7) is 6.70. The van der Waals surface area contributed by atoms with E-state index in [2.05, 4.69) is 29.3 Å². The van der Waals surface area contributed by atoms with Crippen LogP contribution in [0.2, 0.25) is 5.02 Å². The van der Waals surface area contributed by atoms with Gasteiger partial charge in [-0.25, -0.2) is 0 Å². The maximum absolute atomic E-state index is 6.03. The summed E-state index contributed by atoms with van der Waals surface area (Å²) in [5.41, 5.74) is 1.32. The summed E-state index contributed by atoms with van der Waals surface area (Å²) >= 11 is 6.03. The molecule has 4 heteroatoms. The van der Waals surface area contributed by atoms with Gasteiger partial charge in [0.2, 0.25) is 0 Å². The minimum atomic E-state index is 0. The number of halogens is 2. The first kappa shape index (κ1) is 15.8. The van der Waals surface area contributed by atoms with Gasteiger partial charge in [-0.3, -0.25) is 4.90 Å². The summed E-state index contributed by atoms with van der Waals surface area (Å²) in [5.74, 6) is 0. The fourth-order valence-electron chi connectivity index (χ4n) is 2.50. The van der Waals surface area contributed by atoms with Gasteiger partial charge in [-0.1, -0.05) is 30.7 Å². The monoisotopic (exact) mass is 288 g/mol. The lowest BCUT2D eigenvalue weighted by Crippen LogP contribution is -2.36. The maximum atomic E-state index is 6.03. The molecule has 0 aliphatic carbocycles. The standard InChI is InChI=1S/C14H21ClN2.ClH/c1-2-8-17(14-6-7-16-10-14)11-12-4-3-5-13(15)9-12;/h3-5,9,14,16H,2,6-8,10-11H2,1H3;1H. The van der Waals surface area contributed by atoms with Crippen LogP contribution in [0.15, 0.2) is 24.3 Å². The lowest BCUT2D eigenvalue weighted by atomic mass is 10.1. The number of hydrogen-bond donors (Lipinski definition) is 1. The van der Waals surface area contributed by atoms with E-state index in [1.807, 2.05) is 12.1 Å². The van der Waals surface area contributed by atoms with Gasteiger partial charge in [0.15, 0.2) is 0 Å². The number of nitrogens with zero attached hydrogens (tertiary/aromatic N) is 1. The molecule has 18 heavy (non-hydrogen) atoms. The van der Waals surface area contributed by atoms with E-state index in [1.165, 1.54) is 24.9 Å². The first-order valence-corrected chi connectivity index (χ1v) is 6.86. The molecular weight excluding hydrogens is 267 g/mol. The highest BCUT2D eigenvalue weighted by Gasteiger charge is 2.21. The molecule has 2 nitrogen and oxygen atoms in total. The molecule has 0 aromatic heterocycles. The third-order valence-electron chi connectivity index (χ3n) is 3.34. The average Bonchev–Trinajstić information content (AvgIpc) is 2.82. The lowest BCUT2D eigenvalue weighted by Gasteiger charge is -2.28. The summed E-state index contributed by atoms with van der Waals surface area (Å²) in [6.07, 6.45) is 2.47. The molecule has 2 rings (SSSR count). The highest BCUT2D eigenvalue weighted by atomic mass is 35.5. The molecule has 1 unspecified atom stereocenters. The molecule has 1 aliphatic rings. The van der Waals surface area contributed by atoms with E-state index in [0.29, 0.717) is 6.04 Å². The van der Waals surface area contributed by atoms with Gasteiger partial charge in [0.25, 0.3) is 0 Å². The van der Waals surface area contributed by atoms with E-state index in [0.717, 1.165) is 24.7 Å². The van der Waals surface area contributed by atoms with Crippen molar-refractivity contribution in [2.24, 2.45) is 0 Å². The number of rotatable bonds is 5. The van der Waals surface area contributed by atoms with Crippen LogP contribution < -0.4 is 5.32 Å². The quantitative estimate of drug-likeness (QED) is 0.894. The predicted octanol–water partition coefficient (Wildman–Crippen LogP) is 3.34. The Morgan fingerprint density at radius 3 is 2.89 bits per heavy atom. The van der Waals surface area contributed by atoms with Crippen molar-refractivity contribution in [1.82, 2.24) is 10.2 Å². The van der Waals surface area contributed by atoms with Crippen molar-refractivity contribution < 1.29 is 0 Å². The normalized spacial score (nSPS) is 18.9. The van der Waals surface area contributed by atoms with E-state index >= 15 is 0 Å². The third kappa shape index (κ3) is 4.43. The van der Waals surface area contributed by atoms with Crippen molar-refractivity contribution >= 4 is 24.0 Å². The molecular formula is C14H22Cl2N2. The van der Waals surface area contributed by atoms with Crippen molar-refractivity contribution in [2.45, 2.75) is 32.4 Å². The molecule has 0 amide bonds. The molecule has 1 fully saturated rings. The van der Waals surface area contributed by atoms with Gasteiger partial charge in [0.05, 0.1) is 0 Å². The highest BCUT2D eigenvalue weighted by Crippen LogP contribution is 2.16. The van der Waals surface area contributed by atoms with E-state index < -0.39 is 0 Å². The summed E-state index contributed by atoms with van der Waals surface area (Å²) in [7, 11) is 0. The van der Waals surface area contributed by atoms with Gasteiger partial charge < -0.3 is 5.32 Å². The van der Waals surface area contributed by atoms with Crippen LogP contribution in [0.25, 0.3) is 0 Å². The van der Waals surface area contributed by atoms with Crippen LogP contribution in [0.3, 0.4) is 0 Å². The second-order valence-corrected chi connectivity index (χ2v) is 5.18. The average molecular weight is 289 g/mol. The molecule has 0 spiro atoms. The Labute approximate surface area is 121 Å². The molecule has 1 aromatic carbocycles. The highest BCUT2D eigenvalue weighted by molar-refractivity contribution is 6.30. The van der Waals surface area contributed by atoms with Crippen molar-refractivity contribution in [3.05, 3.63) is 34.9 Å². The van der Waals surface area contributed by atoms with Crippen LogP contribution in [-0.2, 0) is 6.54 Å². The summed E-state index contributed by atoms with van der Waals surface area (Å²) in [6, 6.07) is 8.90. The Bertz CT molecular complexity index is 351. The van der Waals surface area contributed by atoms with Crippen molar-refractivity contribution in [2.75, 3.05) is 19.6 Å². The molecule has 1 aromatic rings. The maximum Gasteiger partial charge on any atom is 0.0409 e. The molecule has 102 valence electrons. The number of nitrogens with one attached hydrogen (secondary N) is 1. The summed E-state index contributed by atoms with van der Waals surface area (Å²) < 4.78 is 0. The topological polar surface area (TPSA) is 15.3 Å². The van der Waals surface area contributed by atoms with Crippen molar-refractivity contribution in [1.29, 1.82) is 0 Å². The molecule has 0 saturated carbocycles. The SMILES string of the molecule is CCCN(Cc1cccc(Cl)c1)C1CCNC1.Cl. The van der Waals surface area contributed by atoms with E-state index in [4.69, 9.17) is 11.6 Å². The Balaban J connectivity index is 0.00000162. The second kappa shape index (κ2) is 8.00. The molecule has 1 N–H and O–H groups in total. The van der Waals surface area contributed by atoms with Crippen LogP contribution in [0, 0.1) is 0 Å². The van der Waals surface area contributed by atoms with Crippen LogP contribution in [-0.4, -0.2) is 30.6 Å². The zero-order valence-electron chi connectivity index (χ0n) is 10.9. The van der Waals surface area contributed by atoms with Crippen LogP contribution >= 0.6 is 24.0 Å². The second-order valence-electron chi connectivity index (χ2n) is 4.75. The predicted molar refractivity (Wildman–Crippen MR) is 80.7 cm³/mol. The van der Waals surface area contributed by atoms with Gasteiger partial charge in [-0.15, -0.1) is 12.4 Å². The minimum Gasteiger partial charge on any atom is -0.315 e. The number of benzene rings is 1. The Morgan fingerprint density at radius 2 is 2.28 bits per heavy atom. The number of hydrogen-bond acceptors (Lipinski definition) is 2. The first-order chi connectivity index (χ1) is 8.29. The minimum absolute atomic E-state index is 0. The lowest BCUT2D eigenvalue weighted by molar-refractivity contribution is 0.199. The Hall–Kier alpha value is -0.280. The smallest absolute Gasteiger partial charge is 0.0409 e. The van der Waals surface area contributed by atoms with E-state index in [-0.39, 0.29) is 12.4 Å². The zero-order chi connectivity index (χ0) is 12.1. The summed E-state index contributed by atoms with van der Waals surface area (Å²) in [4.78, 5) is 2.58.